The fourth-order valence-electron chi connectivity index (χ4n) is 2.04. The van der Waals surface area contributed by atoms with Crippen LogP contribution in [0.4, 0.5) is 0 Å². The average Bonchev–Trinajstić information content (AvgIpc) is 2.96. The topological polar surface area (TPSA) is 84.9 Å². The van der Waals surface area contributed by atoms with Crippen molar-refractivity contribution < 1.29 is 24.2 Å². The minimum Gasteiger partial charge on any atom is -0.480 e. The molecule has 1 aromatic carbocycles. The lowest BCUT2D eigenvalue weighted by molar-refractivity contribution is -0.142. The third-order valence-electron chi connectivity index (χ3n) is 3.27. The van der Waals surface area contributed by atoms with E-state index in [0.29, 0.717) is 11.5 Å². The molecule has 1 atom stereocenters. The van der Waals surface area contributed by atoms with Crippen molar-refractivity contribution in [2.45, 2.75) is 19.9 Å². The van der Waals surface area contributed by atoms with E-state index in [-0.39, 0.29) is 12.7 Å². The molecule has 0 spiro atoms. The smallest absolute Gasteiger partial charge is 0.326 e. The van der Waals surface area contributed by atoms with Gasteiger partial charge in [-0.15, -0.1) is 0 Å². The van der Waals surface area contributed by atoms with Crippen LogP contribution in [0.3, 0.4) is 0 Å². The molecule has 1 aliphatic heterocycles. The molecule has 0 aliphatic carbocycles. The molecular formula is C17H19NO5. The number of benzene rings is 1. The van der Waals surface area contributed by atoms with Gasteiger partial charge in [-0.25, -0.2) is 4.79 Å². The Morgan fingerprint density at radius 2 is 1.96 bits per heavy atom. The van der Waals surface area contributed by atoms with Crippen molar-refractivity contribution in [1.29, 1.82) is 0 Å². The molecule has 0 saturated heterocycles. The second-order valence-corrected chi connectivity index (χ2v) is 5.40. The Hall–Kier alpha value is -2.76. The molecule has 6 heteroatoms. The van der Waals surface area contributed by atoms with Crippen molar-refractivity contribution in [3.05, 3.63) is 42.0 Å². The third kappa shape index (κ3) is 4.60. The molecule has 1 aliphatic rings. The Morgan fingerprint density at radius 1 is 1.22 bits per heavy atom. The predicted molar refractivity (Wildman–Crippen MR) is 85.1 cm³/mol. The lowest BCUT2D eigenvalue weighted by Crippen LogP contribution is -2.43. The van der Waals surface area contributed by atoms with E-state index in [1.54, 1.807) is 26.0 Å². The van der Waals surface area contributed by atoms with Crippen molar-refractivity contribution >= 4 is 18.0 Å². The highest BCUT2D eigenvalue weighted by Crippen LogP contribution is 2.32. The van der Waals surface area contributed by atoms with Gasteiger partial charge in [0.05, 0.1) is 0 Å². The van der Waals surface area contributed by atoms with E-state index in [1.807, 2.05) is 24.3 Å². The van der Waals surface area contributed by atoms with Crippen LogP contribution in [0.25, 0.3) is 6.08 Å². The van der Waals surface area contributed by atoms with Crippen molar-refractivity contribution in [1.82, 2.24) is 5.32 Å². The standard InChI is InChI=1S/C17H19NO5/c1-11(2)16(17(20)21)18-15(19)6-4-3-5-12-7-8-13-14(9-12)23-10-22-13/h3-9,11,16H,10H2,1-2H3,(H,18,19)(H,20,21)/b5-3+,6-4-/t16-/m0/s1. The van der Waals surface area contributed by atoms with E-state index in [1.165, 1.54) is 6.08 Å². The summed E-state index contributed by atoms with van der Waals surface area (Å²) < 4.78 is 10.5. The number of carbonyl (C=O) groups is 2. The van der Waals surface area contributed by atoms with Crippen LogP contribution in [0.2, 0.25) is 0 Å². The van der Waals surface area contributed by atoms with Crippen LogP contribution < -0.4 is 14.8 Å². The number of carboxylic acids is 1. The Balaban J connectivity index is 1.90. The fourth-order valence-corrected chi connectivity index (χ4v) is 2.04. The van der Waals surface area contributed by atoms with Crippen molar-refractivity contribution in [2.75, 3.05) is 6.79 Å². The highest BCUT2D eigenvalue weighted by atomic mass is 16.7. The molecule has 2 N–H and O–H groups in total. The zero-order chi connectivity index (χ0) is 16.8. The first-order chi connectivity index (χ1) is 11.0. The summed E-state index contributed by atoms with van der Waals surface area (Å²) in [4.78, 5) is 22.7. The van der Waals surface area contributed by atoms with Crippen LogP contribution in [0, 0.1) is 5.92 Å². The van der Waals surface area contributed by atoms with Crippen molar-refractivity contribution in [2.24, 2.45) is 5.92 Å². The van der Waals surface area contributed by atoms with Gasteiger partial charge in [-0.05, 0) is 23.6 Å². The van der Waals surface area contributed by atoms with Crippen molar-refractivity contribution in [3.8, 4) is 11.5 Å². The summed E-state index contributed by atoms with van der Waals surface area (Å²) in [5.74, 6) is -0.270. The van der Waals surface area contributed by atoms with Gasteiger partial charge in [-0.3, -0.25) is 4.79 Å². The van der Waals surface area contributed by atoms with Crippen LogP contribution in [0.15, 0.2) is 36.4 Å². The summed E-state index contributed by atoms with van der Waals surface area (Å²) in [6.45, 7) is 3.70. The van der Waals surface area contributed by atoms with Crippen LogP contribution in [-0.2, 0) is 9.59 Å². The zero-order valence-electron chi connectivity index (χ0n) is 13.0. The summed E-state index contributed by atoms with van der Waals surface area (Å²) in [5.41, 5.74) is 0.907. The molecule has 23 heavy (non-hydrogen) atoms. The highest BCUT2D eigenvalue weighted by Gasteiger charge is 2.22. The molecule has 0 aromatic heterocycles. The second-order valence-electron chi connectivity index (χ2n) is 5.40. The quantitative estimate of drug-likeness (QED) is 0.621. The minimum absolute atomic E-state index is 0.186. The summed E-state index contributed by atoms with van der Waals surface area (Å²) in [5, 5.41) is 11.5. The second kappa shape index (κ2) is 7.49. The maximum atomic E-state index is 11.7. The Bertz CT molecular complexity index is 648. The third-order valence-corrected chi connectivity index (χ3v) is 3.27. The van der Waals surface area contributed by atoms with Gasteiger partial charge in [-0.2, -0.15) is 0 Å². The van der Waals surface area contributed by atoms with E-state index in [2.05, 4.69) is 5.32 Å². The number of hydrogen-bond donors (Lipinski definition) is 2. The van der Waals surface area contributed by atoms with Gasteiger partial charge in [0.15, 0.2) is 11.5 Å². The summed E-state index contributed by atoms with van der Waals surface area (Å²) in [7, 11) is 0. The summed E-state index contributed by atoms with van der Waals surface area (Å²) >= 11 is 0. The summed E-state index contributed by atoms with van der Waals surface area (Å²) in [6, 6.07) is 4.63. The zero-order valence-corrected chi connectivity index (χ0v) is 13.0. The normalized spacial score (nSPS) is 14.6. The molecule has 2 rings (SSSR count). The maximum Gasteiger partial charge on any atom is 0.326 e. The summed E-state index contributed by atoms with van der Waals surface area (Å²) in [6.07, 6.45) is 6.35. The average molecular weight is 317 g/mol. The number of fused-ring (bicyclic) bond motifs is 1. The maximum absolute atomic E-state index is 11.7. The first-order valence-electron chi connectivity index (χ1n) is 7.25. The lowest BCUT2D eigenvalue weighted by Gasteiger charge is -2.16. The number of aliphatic carboxylic acids is 1. The van der Waals surface area contributed by atoms with Gasteiger partial charge in [0.2, 0.25) is 12.7 Å². The van der Waals surface area contributed by atoms with Gasteiger partial charge < -0.3 is 19.9 Å². The molecule has 0 saturated carbocycles. The highest BCUT2D eigenvalue weighted by molar-refractivity contribution is 5.91. The molecule has 0 radical (unpaired) electrons. The van der Waals surface area contributed by atoms with E-state index in [9.17, 15) is 9.59 Å². The van der Waals surface area contributed by atoms with Crippen LogP contribution in [0.1, 0.15) is 19.4 Å². The van der Waals surface area contributed by atoms with Crippen molar-refractivity contribution in [3.63, 3.8) is 0 Å². The van der Waals surface area contributed by atoms with Gasteiger partial charge in [0, 0.05) is 6.08 Å². The molecule has 1 amide bonds. The number of carboxylic acid groups (broad SMARTS) is 1. The first kappa shape index (κ1) is 16.6. The molecular weight excluding hydrogens is 298 g/mol. The largest absolute Gasteiger partial charge is 0.480 e. The predicted octanol–water partition coefficient (Wildman–Crippen LogP) is 2.21. The van der Waals surface area contributed by atoms with Gasteiger partial charge in [0.25, 0.3) is 0 Å². The lowest BCUT2D eigenvalue weighted by atomic mass is 10.0. The van der Waals surface area contributed by atoms with Gasteiger partial charge >= 0.3 is 5.97 Å². The number of rotatable bonds is 6. The Labute approximate surface area is 134 Å². The SMILES string of the molecule is CC(C)[C@H](NC(=O)/C=C\C=C\c1ccc2c(c1)OCO2)C(=O)O. The number of amides is 1. The molecule has 122 valence electrons. The number of allylic oxidation sites excluding steroid dienone is 2. The number of hydrogen-bond acceptors (Lipinski definition) is 4. The van der Waals surface area contributed by atoms with E-state index in [4.69, 9.17) is 14.6 Å². The minimum atomic E-state index is -1.04. The molecule has 0 bridgehead atoms. The molecule has 0 fully saturated rings. The van der Waals surface area contributed by atoms with E-state index >= 15 is 0 Å². The van der Waals surface area contributed by atoms with Crippen LogP contribution in [-0.4, -0.2) is 29.8 Å². The number of ether oxygens (including phenoxy) is 2. The Morgan fingerprint density at radius 3 is 2.65 bits per heavy atom. The number of nitrogens with one attached hydrogen (secondary N) is 1. The first-order valence-corrected chi connectivity index (χ1v) is 7.25. The molecule has 1 heterocycles. The van der Waals surface area contributed by atoms with E-state index in [0.717, 1.165) is 5.56 Å². The van der Waals surface area contributed by atoms with Gasteiger partial charge in [0.1, 0.15) is 6.04 Å². The molecule has 1 aromatic rings. The van der Waals surface area contributed by atoms with Crippen LogP contribution >= 0.6 is 0 Å². The van der Waals surface area contributed by atoms with Crippen LogP contribution in [0.5, 0.6) is 11.5 Å². The number of carbonyl (C=O) groups excluding carboxylic acids is 1. The molecule has 0 unspecified atom stereocenters. The molecule has 6 nitrogen and oxygen atoms in total. The Kier molecular flexibility index (Phi) is 5.41. The van der Waals surface area contributed by atoms with E-state index < -0.39 is 17.9 Å². The fraction of sp³-hybridized carbons (Fsp3) is 0.294. The van der Waals surface area contributed by atoms with Gasteiger partial charge in [-0.1, -0.05) is 38.1 Å². The monoisotopic (exact) mass is 317 g/mol.